The highest BCUT2D eigenvalue weighted by molar-refractivity contribution is 6.62. The minimum atomic E-state index is -1.90. The average Bonchev–Trinajstić information content (AvgIpc) is 2.82. The van der Waals surface area contributed by atoms with Gasteiger partial charge < -0.3 is 20.1 Å². The summed E-state index contributed by atoms with van der Waals surface area (Å²) in [7, 11) is -0.513. The Morgan fingerprint density at radius 2 is 1.59 bits per heavy atom. The number of primary amides is 1. The van der Waals surface area contributed by atoms with Gasteiger partial charge in [-0.05, 0) is 51.2 Å². The fourth-order valence-corrected chi connectivity index (χ4v) is 3.33. The second-order valence-electron chi connectivity index (χ2n) is 8.10. The standard InChI is InChI=1S/C21H26BNO4/c1-14-13-16(22-26-19(2,3)20(4,5)27-22)11-12-17(14)21(25,18(23)24)15-9-7-6-8-10-15/h6-13,25H,1-5H3,(H2,23,24). The summed E-state index contributed by atoms with van der Waals surface area (Å²) in [5, 5.41) is 11.2. The van der Waals surface area contributed by atoms with Crippen LogP contribution in [-0.2, 0) is 19.7 Å². The molecule has 3 rings (SSSR count). The van der Waals surface area contributed by atoms with Crippen LogP contribution in [0.25, 0.3) is 0 Å². The Hall–Kier alpha value is -2.15. The number of aryl methyl sites for hydroxylation is 1. The first-order valence-corrected chi connectivity index (χ1v) is 9.03. The lowest BCUT2D eigenvalue weighted by atomic mass is 9.75. The van der Waals surface area contributed by atoms with E-state index in [1.54, 1.807) is 36.4 Å². The molecule has 1 fully saturated rings. The Bertz CT molecular complexity index is 850. The molecule has 5 nitrogen and oxygen atoms in total. The number of carbonyl (C=O) groups excluding carboxylic acids is 1. The van der Waals surface area contributed by atoms with Crippen LogP contribution in [0.15, 0.2) is 48.5 Å². The predicted molar refractivity (Wildman–Crippen MR) is 106 cm³/mol. The molecule has 142 valence electrons. The summed E-state index contributed by atoms with van der Waals surface area (Å²) < 4.78 is 12.2. The van der Waals surface area contributed by atoms with Gasteiger partial charge in [0.15, 0.2) is 5.60 Å². The summed E-state index contributed by atoms with van der Waals surface area (Å²) in [5.74, 6) is -0.819. The number of carbonyl (C=O) groups is 1. The molecule has 1 saturated heterocycles. The first kappa shape index (κ1) is 19.6. The van der Waals surface area contributed by atoms with Gasteiger partial charge in [0, 0.05) is 5.56 Å². The fourth-order valence-electron chi connectivity index (χ4n) is 3.33. The molecule has 0 aromatic heterocycles. The summed E-state index contributed by atoms with van der Waals surface area (Å²) in [6.07, 6.45) is 0. The quantitative estimate of drug-likeness (QED) is 0.810. The molecule has 2 aromatic carbocycles. The van der Waals surface area contributed by atoms with E-state index in [1.165, 1.54) is 0 Å². The summed E-state index contributed by atoms with van der Waals surface area (Å²) in [6.45, 7) is 9.82. The van der Waals surface area contributed by atoms with Crippen LogP contribution in [-0.4, -0.2) is 29.3 Å². The van der Waals surface area contributed by atoms with E-state index >= 15 is 0 Å². The Morgan fingerprint density at radius 3 is 2.07 bits per heavy atom. The third-order valence-corrected chi connectivity index (χ3v) is 5.71. The second kappa shape index (κ2) is 6.48. The molecule has 0 saturated carbocycles. The number of rotatable bonds is 4. The van der Waals surface area contributed by atoms with Gasteiger partial charge in [0.05, 0.1) is 11.2 Å². The van der Waals surface area contributed by atoms with E-state index in [0.29, 0.717) is 11.1 Å². The minimum absolute atomic E-state index is 0.434. The van der Waals surface area contributed by atoms with Crippen molar-refractivity contribution < 1.29 is 19.2 Å². The molecule has 0 radical (unpaired) electrons. The van der Waals surface area contributed by atoms with Gasteiger partial charge in [-0.2, -0.15) is 0 Å². The largest absolute Gasteiger partial charge is 0.494 e. The van der Waals surface area contributed by atoms with Crippen LogP contribution in [0.2, 0.25) is 0 Å². The van der Waals surface area contributed by atoms with Crippen LogP contribution < -0.4 is 11.2 Å². The predicted octanol–water partition coefficient (Wildman–Crippen LogP) is 2.02. The van der Waals surface area contributed by atoms with Crippen molar-refractivity contribution in [1.82, 2.24) is 0 Å². The van der Waals surface area contributed by atoms with Crippen LogP contribution >= 0.6 is 0 Å². The van der Waals surface area contributed by atoms with Gasteiger partial charge in [0.1, 0.15) is 0 Å². The van der Waals surface area contributed by atoms with E-state index < -0.39 is 29.8 Å². The molecule has 2 aromatic rings. The zero-order valence-corrected chi connectivity index (χ0v) is 16.4. The minimum Gasteiger partial charge on any atom is -0.399 e. The molecule has 3 N–H and O–H groups in total. The van der Waals surface area contributed by atoms with Crippen LogP contribution in [0.3, 0.4) is 0 Å². The maximum atomic E-state index is 12.2. The van der Waals surface area contributed by atoms with Gasteiger partial charge in [-0.25, -0.2) is 0 Å². The molecular weight excluding hydrogens is 341 g/mol. The van der Waals surface area contributed by atoms with Crippen LogP contribution in [0.4, 0.5) is 0 Å². The highest BCUT2D eigenvalue weighted by Gasteiger charge is 2.52. The molecule has 0 aliphatic carbocycles. The monoisotopic (exact) mass is 367 g/mol. The molecule has 1 heterocycles. The van der Waals surface area contributed by atoms with Crippen molar-refractivity contribution in [3.8, 4) is 0 Å². The number of nitrogens with two attached hydrogens (primary N) is 1. The molecule has 1 aliphatic rings. The number of hydrogen-bond acceptors (Lipinski definition) is 4. The third-order valence-electron chi connectivity index (χ3n) is 5.71. The molecule has 1 atom stereocenters. The van der Waals surface area contributed by atoms with Crippen molar-refractivity contribution in [3.63, 3.8) is 0 Å². The zero-order valence-electron chi connectivity index (χ0n) is 16.4. The van der Waals surface area contributed by atoms with Gasteiger partial charge in [-0.15, -0.1) is 0 Å². The topological polar surface area (TPSA) is 81.8 Å². The molecule has 1 aliphatic heterocycles. The van der Waals surface area contributed by atoms with Gasteiger partial charge in [-0.1, -0.05) is 48.5 Å². The number of aliphatic hydroxyl groups is 1. The average molecular weight is 367 g/mol. The van der Waals surface area contributed by atoms with Gasteiger partial charge in [-0.3, -0.25) is 4.79 Å². The van der Waals surface area contributed by atoms with Crippen molar-refractivity contribution in [2.24, 2.45) is 5.73 Å². The van der Waals surface area contributed by atoms with E-state index in [-0.39, 0.29) is 0 Å². The lowest BCUT2D eigenvalue weighted by Crippen LogP contribution is -2.43. The summed E-state index contributed by atoms with van der Waals surface area (Å²) in [5.41, 5.74) is 5.25. The third kappa shape index (κ3) is 3.18. The zero-order chi connectivity index (χ0) is 20.0. The SMILES string of the molecule is Cc1cc(B2OC(C)(C)C(C)(C)O2)ccc1C(O)(C(N)=O)c1ccccc1. The van der Waals surface area contributed by atoms with Crippen molar-refractivity contribution >= 4 is 18.5 Å². The van der Waals surface area contributed by atoms with Gasteiger partial charge in [0.2, 0.25) is 0 Å². The van der Waals surface area contributed by atoms with E-state index in [9.17, 15) is 9.90 Å². The summed E-state index contributed by atoms with van der Waals surface area (Å²) in [6, 6.07) is 14.1. The molecule has 27 heavy (non-hydrogen) atoms. The van der Waals surface area contributed by atoms with Crippen LogP contribution in [0.5, 0.6) is 0 Å². The molecular formula is C21H26BNO4. The highest BCUT2D eigenvalue weighted by atomic mass is 16.7. The molecule has 6 heteroatoms. The lowest BCUT2D eigenvalue weighted by Gasteiger charge is -2.32. The van der Waals surface area contributed by atoms with Crippen LogP contribution in [0, 0.1) is 6.92 Å². The summed E-state index contributed by atoms with van der Waals surface area (Å²) in [4.78, 5) is 12.2. The van der Waals surface area contributed by atoms with Crippen molar-refractivity contribution in [2.75, 3.05) is 0 Å². The molecule has 1 unspecified atom stereocenters. The molecule has 1 amide bonds. The number of benzene rings is 2. The van der Waals surface area contributed by atoms with E-state index in [2.05, 4.69) is 0 Å². The maximum Gasteiger partial charge on any atom is 0.494 e. The van der Waals surface area contributed by atoms with Gasteiger partial charge >= 0.3 is 7.12 Å². The van der Waals surface area contributed by atoms with Crippen molar-refractivity contribution in [3.05, 3.63) is 65.2 Å². The Labute approximate surface area is 160 Å². The smallest absolute Gasteiger partial charge is 0.399 e. The Morgan fingerprint density at radius 1 is 1.04 bits per heavy atom. The van der Waals surface area contributed by atoms with Crippen molar-refractivity contribution in [1.29, 1.82) is 0 Å². The second-order valence-corrected chi connectivity index (χ2v) is 8.10. The van der Waals surface area contributed by atoms with Gasteiger partial charge in [0.25, 0.3) is 5.91 Å². The number of hydrogen-bond donors (Lipinski definition) is 2. The first-order chi connectivity index (χ1) is 12.5. The molecule has 0 bridgehead atoms. The van der Waals surface area contributed by atoms with E-state index in [0.717, 1.165) is 11.0 Å². The van der Waals surface area contributed by atoms with Crippen LogP contribution in [0.1, 0.15) is 44.4 Å². The lowest BCUT2D eigenvalue weighted by molar-refractivity contribution is -0.133. The Kier molecular flexibility index (Phi) is 4.71. The normalized spacial score (nSPS) is 20.3. The highest BCUT2D eigenvalue weighted by Crippen LogP contribution is 2.37. The maximum absolute atomic E-state index is 12.2. The number of amides is 1. The first-order valence-electron chi connectivity index (χ1n) is 9.03. The van der Waals surface area contributed by atoms with E-state index in [4.69, 9.17) is 15.0 Å². The molecule has 0 spiro atoms. The van der Waals surface area contributed by atoms with E-state index in [1.807, 2.05) is 46.8 Å². The summed E-state index contributed by atoms with van der Waals surface area (Å²) >= 11 is 0. The van der Waals surface area contributed by atoms with Crippen molar-refractivity contribution in [2.45, 2.75) is 51.4 Å². The Balaban J connectivity index is 2.01. The fraction of sp³-hybridized carbons (Fsp3) is 0.381.